The van der Waals surface area contributed by atoms with Crippen molar-refractivity contribution < 1.29 is 87.1 Å². The molecule has 698 valence electrons. The minimum Gasteiger partial charge on any atom is -0.497 e. The molecule has 0 aromatic heterocycles. The lowest BCUT2D eigenvalue weighted by molar-refractivity contribution is 0.0565. The molecule has 10 aromatic rings. The molecule has 0 spiro atoms. The van der Waals surface area contributed by atoms with Crippen molar-refractivity contribution in [3.8, 4) is 57.5 Å². The van der Waals surface area contributed by atoms with Gasteiger partial charge >= 0.3 is 0 Å². The predicted molar refractivity (Wildman–Crippen MR) is 509 cm³/mol. The smallest absolute Gasteiger partial charge is 0.122 e. The van der Waals surface area contributed by atoms with Gasteiger partial charge in [-0.05, 0) is 211 Å². The van der Waals surface area contributed by atoms with E-state index in [-0.39, 0.29) is 19.8 Å². The molecule has 5 heterocycles. The van der Waals surface area contributed by atoms with E-state index in [0.717, 1.165) is 222 Å². The summed E-state index contributed by atoms with van der Waals surface area (Å²) in [7, 11) is 8.42. The van der Waals surface area contributed by atoms with Crippen LogP contribution in [0.5, 0.6) is 57.5 Å². The Morgan fingerprint density at radius 2 is 0.515 bits per heavy atom. The van der Waals surface area contributed by atoms with E-state index in [1.54, 1.807) is 35.5 Å². The highest BCUT2D eigenvalue weighted by molar-refractivity contribution is 5.41. The third-order valence-electron chi connectivity index (χ3n) is 22.8. The Bertz CT molecular complexity index is 4190. The van der Waals surface area contributed by atoms with Crippen molar-refractivity contribution in [3.63, 3.8) is 0 Å². The number of aryl methyl sites for hydroxylation is 10. The van der Waals surface area contributed by atoms with Gasteiger partial charge in [0.25, 0.3) is 0 Å². The zero-order valence-electron chi connectivity index (χ0n) is 76.5. The molecule has 0 saturated carbocycles. The van der Waals surface area contributed by atoms with E-state index in [2.05, 4.69) is 133 Å². The second-order valence-corrected chi connectivity index (χ2v) is 32.9. The third kappa shape index (κ3) is 36.3. The fraction of sp³-hybridized carbons (Fsp3) is 0.415. The zero-order valence-corrected chi connectivity index (χ0v) is 76.5. The number of nitrogens with one attached hydrogen (secondary N) is 1. The number of hydrogen-bond acceptors (Lipinski definition) is 24. The molecule has 24 heteroatoms. The molecule has 4 saturated heterocycles. The molecule has 0 radical (unpaired) electrons. The van der Waals surface area contributed by atoms with Gasteiger partial charge in [-0.2, -0.15) is 0 Å². The van der Waals surface area contributed by atoms with Crippen molar-refractivity contribution in [2.45, 2.75) is 94.7 Å². The van der Waals surface area contributed by atoms with Crippen molar-refractivity contribution in [1.82, 2.24) is 29.8 Å². The molecule has 0 amide bonds. The van der Waals surface area contributed by atoms with Gasteiger partial charge in [0.2, 0.25) is 0 Å². The number of aliphatic hydroxyl groups is 5. The Morgan fingerprint density at radius 3 is 0.738 bits per heavy atom. The molecule has 5 unspecified atom stereocenters. The van der Waals surface area contributed by atoms with Gasteiger partial charge in [0.15, 0.2) is 0 Å². The van der Waals surface area contributed by atoms with Crippen molar-refractivity contribution in [2.75, 3.05) is 194 Å². The van der Waals surface area contributed by atoms with Crippen LogP contribution in [0.25, 0.3) is 0 Å². The van der Waals surface area contributed by atoms with Crippen molar-refractivity contribution >= 4 is 0 Å². The van der Waals surface area contributed by atoms with E-state index in [9.17, 15) is 25.5 Å². The first kappa shape index (κ1) is 99.9. The Hall–Kier alpha value is -10.6. The van der Waals surface area contributed by atoms with Gasteiger partial charge in [-0.1, -0.05) is 164 Å². The summed E-state index contributed by atoms with van der Waals surface area (Å²) in [6.45, 7) is 15.7. The molecule has 0 bridgehead atoms. The predicted octanol–water partition coefficient (Wildman–Crippen LogP) is 12.7. The SMILES string of the molecule is COc1cccc(CCc2ccccc2OCC(O)CN2CC=CC2)c1.COc1cccc(CCc2ccccc2OCC(O)CN2CCNC2)c1.COc1cccc(CCc2ccccc2OCC(O)CN2CCOC2)c1.COc1cccc(CCc2ccccc2OCC(O)CN2CCOC2)c1.COc1cccc(CCc2ccccc2OCC(O)CN2CCOC2)c1. The van der Waals surface area contributed by atoms with E-state index >= 15 is 0 Å². The number of rotatable bonds is 45. The minimum absolute atomic E-state index is 0.284. The highest BCUT2D eigenvalue weighted by Gasteiger charge is 2.23. The lowest BCUT2D eigenvalue weighted by atomic mass is 10.0. The number of para-hydroxylation sites is 5. The second-order valence-electron chi connectivity index (χ2n) is 32.9. The Morgan fingerprint density at radius 1 is 0.277 bits per heavy atom. The molecule has 6 N–H and O–H groups in total. The van der Waals surface area contributed by atoms with E-state index in [0.29, 0.717) is 66.1 Å². The lowest BCUT2D eigenvalue weighted by Gasteiger charge is -2.20. The molecular weight excluding hydrogens is 1650 g/mol. The molecule has 130 heavy (non-hydrogen) atoms. The zero-order chi connectivity index (χ0) is 91.0. The molecule has 15 rings (SSSR count). The summed E-state index contributed by atoms with van der Waals surface area (Å²) in [6, 6.07) is 80.9. The molecular formula is C106H136N6O18. The van der Waals surface area contributed by atoms with Crippen LogP contribution in [0.15, 0.2) is 255 Å². The van der Waals surface area contributed by atoms with Crippen LogP contribution in [-0.4, -0.2) is 274 Å². The van der Waals surface area contributed by atoms with Gasteiger partial charge in [0.1, 0.15) is 121 Å². The summed E-state index contributed by atoms with van der Waals surface area (Å²) in [4.78, 5) is 10.7. The summed E-state index contributed by atoms with van der Waals surface area (Å²) in [5, 5.41) is 54.3. The molecule has 24 nitrogen and oxygen atoms in total. The number of benzene rings is 10. The monoisotopic (exact) mass is 1780 g/mol. The van der Waals surface area contributed by atoms with Gasteiger partial charge in [0.05, 0.1) is 75.6 Å². The Kier molecular flexibility index (Phi) is 43.7. The van der Waals surface area contributed by atoms with Gasteiger partial charge in [-0.3, -0.25) is 24.5 Å². The fourth-order valence-electron chi connectivity index (χ4n) is 15.6. The first-order valence-corrected chi connectivity index (χ1v) is 45.5. The van der Waals surface area contributed by atoms with Crippen LogP contribution in [0, 0.1) is 0 Å². The summed E-state index contributed by atoms with van der Waals surface area (Å²) < 4.78 is 71.9. The van der Waals surface area contributed by atoms with Crippen LogP contribution >= 0.6 is 0 Å². The quantitative estimate of drug-likeness (QED) is 0.0194. The highest BCUT2D eigenvalue weighted by atomic mass is 16.5. The highest BCUT2D eigenvalue weighted by Crippen LogP contribution is 2.29. The largest absolute Gasteiger partial charge is 0.497 e. The normalized spacial score (nSPS) is 15.6. The first-order valence-electron chi connectivity index (χ1n) is 45.5. The van der Waals surface area contributed by atoms with Crippen LogP contribution in [0.4, 0.5) is 0 Å². The van der Waals surface area contributed by atoms with Crippen LogP contribution in [-0.2, 0) is 78.4 Å². The number of methoxy groups -OCH3 is 5. The summed E-state index contributed by atoms with van der Waals surface area (Å²) >= 11 is 0. The van der Waals surface area contributed by atoms with E-state index < -0.39 is 30.5 Å². The Labute approximate surface area is 769 Å². The average Bonchev–Trinajstić information content (AvgIpc) is 1.10. The van der Waals surface area contributed by atoms with Crippen LogP contribution in [0.1, 0.15) is 55.6 Å². The fourth-order valence-corrected chi connectivity index (χ4v) is 15.6. The molecule has 5 aliphatic rings. The average molecular weight is 1780 g/mol. The topological polar surface area (TPSA) is 249 Å². The molecule has 0 aliphatic carbocycles. The number of nitrogens with zero attached hydrogens (tertiary/aromatic N) is 5. The number of β-amino-alcohol motifs (C(OH)–C–C–N with tert-alkyl or cyclic N) is 5. The van der Waals surface area contributed by atoms with Crippen LogP contribution in [0.3, 0.4) is 0 Å². The van der Waals surface area contributed by atoms with Gasteiger partial charge in [-0.15, -0.1) is 0 Å². The van der Waals surface area contributed by atoms with Crippen molar-refractivity contribution in [2.24, 2.45) is 0 Å². The molecule has 5 atom stereocenters. The lowest BCUT2D eigenvalue weighted by Crippen LogP contribution is -2.34. The van der Waals surface area contributed by atoms with Crippen molar-refractivity contribution in [3.05, 3.63) is 310 Å². The van der Waals surface area contributed by atoms with Gasteiger partial charge < -0.3 is 92.4 Å². The first-order chi connectivity index (χ1) is 63.7. The van der Waals surface area contributed by atoms with Gasteiger partial charge in [0, 0.05) is 85.2 Å². The van der Waals surface area contributed by atoms with E-state index in [1.165, 1.54) is 27.8 Å². The molecule has 10 aromatic carbocycles. The number of aliphatic hydroxyl groups excluding tert-OH is 5. The standard InChI is InChI=1S/C22H27NO3.C21H28N2O3.3C21H27NO4/c1-25-21-9-6-7-18(15-21)11-12-19-8-2-3-10-22(19)26-17-20(24)16-23-13-4-5-14-23;1-25-20-7-4-5-17(13-20)9-10-18-6-2-3-8-21(18)26-15-19(24)14-23-12-11-22-16-23;3*1-24-20-7-4-5-17(13-20)9-10-18-6-2-3-8-21(18)26-15-19(23)14-22-11-12-25-16-22/h2-10,15,20,24H,11-14,16-17H2,1H3;2-8,13,19,22,24H,9-12,14-16H2,1H3;3*2-8,13,19,23H,9-12,14-16H2,1H3. The maximum Gasteiger partial charge on any atom is 0.122 e. The number of ether oxygens (including phenoxy) is 13. The van der Waals surface area contributed by atoms with Crippen molar-refractivity contribution in [1.29, 1.82) is 0 Å². The van der Waals surface area contributed by atoms with E-state index in [1.807, 2.05) is 152 Å². The summed E-state index contributed by atoms with van der Waals surface area (Å²) in [5.74, 6) is 8.62. The maximum atomic E-state index is 10.2. The molecule has 5 aliphatic heterocycles. The van der Waals surface area contributed by atoms with Gasteiger partial charge in [-0.25, -0.2) is 0 Å². The van der Waals surface area contributed by atoms with Crippen LogP contribution < -0.4 is 52.7 Å². The third-order valence-corrected chi connectivity index (χ3v) is 22.8. The maximum absolute atomic E-state index is 10.2. The molecule has 4 fully saturated rings. The minimum atomic E-state index is -0.525. The summed E-state index contributed by atoms with van der Waals surface area (Å²) in [6.07, 6.45) is 10.7. The second kappa shape index (κ2) is 56.9. The summed E-state index contributed by atoms with van der Waals surface area (Å²) in [5.41, 5.74) is 11.9. The van der Waals surface area contributed by atoms with E-state index in [4.69, 9.17) is 61.6 Å². The number of hydrogen-bond donors (Lipinski definition) is 6. The Balaban J connectivity index is 0.000000157. The van der Waals surface area contributed by atoms with Crippen LogP contribution in [0.2, 0.25) is 0 Å².